The van der Waals surface area contributed by atoms with E-state index in [1.54, 1.807) is 0 Å². The molecule has 0 unspecified atom stereocenters. The van der Waals surface area contributed by atoms with Crippen LogP contribution in [-0.4, -0.2) is 102 Å². The molecule has 6 N–H and O–H groups in total. The predicted molar refractivity (Wildman–Crippen MR) is 157 cm³/mol. The molecule has 0 radical (unpaired) electrons. The number of ether oxygens (including phenoxy) is 2. The van der Waals surface area contributed by atoms with Gasteiger partial charge in [0.05, 0.1) is 29.6 Å². The predicted octanol–water partition coefficient (Wildman–Crippen LogP) is 1.20. The summed E-state index contributed by atoms with van der Waals surface area (Å²) in [5.41, 5.74) is -4.19. The second-order valence-corrected chi connectivity index (χ2v) is 12.0. The second-order valence-electron chi connectivity index (χ2n) is 10.7. The molecule has 21 heteroatoms. The molecule has 17 nitrogen and oxygen atoms in total. The van der Waals surface area contributed by atoms with Crippen molar-refractivity contribution in [2.24, 2.45) is 10.2 Å². The third-order valence-electron chi connectivity index (χ3n) is 7.35. The fraction of sp³-hybridized carbons (Fsp3) is 0.615. The fourth-order valence-corrected chi connectivity index (χ4v) is 6.44. The van der Waals surface area contributed by atoms with Crippen molar-refractivity contribution in [1.82, 2.24) is 26.6 Å². The number of thioether (sulfide) groups is 1. The molecule has 0 spiro atoms. The van der Waals surface area contributed by atoms with Crippen LogP contribution in [0.2, 0.25) is 0 Å². The number of aliphatic hydroxyl groups excluding tert-OH is 1. The number of unbranched alkanes of at least 4 members (excludes halogenated alkanes) is 1. The van der Waals surface area contributed by atoms with Gasteiger partial charge in [-0.25, -0.2) is 9.59 Å². The molecule has 3 aliphatic heterocycles. The maximum atomic E-state index is 13.3. The first-order chi connectivity index (χ1) is 22.3. The van der Waals surface area contributed by atoms with Crippen LogP contribution in [0.15, 0.2) is 28.4 Å². The molecule has 4 rings (SSSR count). The Morgan fingerprint density at radius 2 is 1.87 bits per heavy atom. The monoisotopic (exact) mass is 690 g/mol. The number of carbonyl (C=O) groups excluding carboxylic acids is 4. The molecule has 0 aromatic heterocycles. The van der Waals surface area contributed by atoms with Gasteiger partial charge in [0.25, 0.3) is 11.6 Å². The number of amides is 5. The van der Waals surface area contributed by atoms with Gasteiger partial charge >= 0.3 is 24.0 Å². The lowest BCUT2D eigenvalue weighted by atomic mass is 10.0. The van der Waals surface area contributed by atoms with Crippen LogP contribution in [0.25, 0.3) is 0 Å². The van der Waals surface area contributed by atoms with Gasteiger partial charge in [0, 0.05) is 42.1 Å². The van der Waals surface area contributed by atoms with Gasteiger partial charge in [0.2, 0.25) is 5.91 Å². The van der Waals surface area contributed by atoms with Crippen molar-refractivity contribution in [3.63, 3.8) is 0 Å². The number of hydrogen-bond donors (Lipinski definition) is 6. The number of nitrogens with zero attached hydrogens (tertiary/aromatic N) is 3. The lowest BCUT2D eigenvalue weighted by Gasteiger charge is -2.16. The summed E-state index contributed by atoms with van der Waals surface area (Å²) in [5, 5.41) is 40.5. The van der Waals surface area contributed by atoms with Gasteiger partial charge in [0.1, 0.15) is 25.1 Å². The van der Waals surface area contributed by atoms with E-state index >= 15 is 0 Å². The summed E-state index contributed by atoms with van der Waals surface area (Å²) in [5.74, 6) is -0.435. The average Bonchev–Trinajstić information content (AvgIpc) is 3.67. The summed E-state index contributed by atoms with van der Waals surface area (Å²) >= 11 is 1.81. The van der Waals surface area contributed by atoms with Crippen LogP contribution in [0, 0.1) is 10.1 Å². The maximum Gasteiger partial charge on any atom is 0.442 e. The number of aliphatic hydroxyl groups is 1. The Hall–Kier alpha value is -4.40. The summed E-state index contributed by atoms with van der Waals surface area (Å²) in [7, 11) is 0. The molecule has 3 aliphatic rings. The zero-order valence-electron chi connectivity index (χ0n) is 24.7. The van der Waals surface area contributed by atoms with Crippen molar-refractivity contribution in [3.05, 3.63) is 33.9 Å². The molecule has 1 aromatic carbocycles. The van der Waals surface area contributed by atoms with Crippen LogP contribution in [0.4, 0.5) is 28.4 Å². The van der Waals surface area contributed by atoms with Gasteiger partial charge in [-0.1, -0.05) is 6.42 Å². The number of carbonyl (C=O) groups is 4. The van der Waals surface area contributed by atoms with Crippen molar-refractivity contribution in [2.45, 2.75) is 61.0 Å². The van der Waals surface area contributed by atoms with Crippen molar-refractivity contribution < 1.29 is 51.9 Å². The molecular weight excluding hydrogens is 657 g/mol. The van der Waals surface area contributed by atoms with Crippen LogP contribution >= 0.6 is 11.8 Å². The molecule has 2 fully saturated rings. The normalized spacial score (nSPS) is 21.1. The van der Waals surface area contributed by atoms with Gasteiger partial charge in [0.15, 0.2) is 0 Å². The summed E-state index contributed by atoms with van der Waals surface area (Å²) in [6, 6.07) is 2.60. The smallest absolute Gasteiger partial charge is 0.442 e. The van der Waals surface area contributed by atoms with E-state index in [9.17, 15) is 47.6 Å². The Bertz CT molecular complexity index is 1380. The minimum absolute atomic E-state index is 0.0313. The number of halogens is 3. The highest BCUT2D eigenvalue weighted by molar-refractivity contribution is 8.00. The van der Waals surface area contributed by atoms with E-state index in [2.05, 4.69) is 36.8 Å². The lowest BCUT2D eigenvalue weighted by Crippen LogP contribution is -2.45. The summed E-state index contributed by atoms with van der Waals surface area (Å²) in [4.78, 5) is 57.7. The largest absolute Gasteiger partial charge is 0.490 e. The number of alkyl halides is 3. The standard InChI is InChI=1S/C26H33F3N8O9S/c27-26(28,29)25(35-36-25)14-9-15(37(43)44)11-16(10-14)45-7-8-46-24(42)32-12-18(38)22(40)31-6-5-30-20(39)4-2-1-3-19-21-17(13-47-19)33-23(41)34-21/h9-11,17-19,21,38H,1-8,12-13H2,(H,30,39)(H,31,40)(H,32,42)(H2,33,34,41)/t17-,18+,19-,21-/m0/s1. The van der Waals surface area contributed by atoms with E-state index in [0.29, 0.717) is 24.2 Å². The molecule has 0 bridgehead atoms. The highest BCUT2D eigenvalue weighted by Gasteiger charge is 2.65. The molecule has 3 heterocycles. The third-order valence-corrected chi connectivity index (χ3v) is 8.86. The number of fused-ring (bicyclic) bond motifs is 1. The molecule has 258 valence electrons. The summed E-state index contributed by atoms with van der Waals surface area (Å²) in [6.45, 7) is -1.18. The molecular formula is C26H33F3N8O9S. The van der Waals surface area contributed by atoms with E-state index in [1.807, 2.05) is 11.8 Å². The molecule has 4 atom stereocenters. The first-order valence-electron chi connectivity index (χ1n) is 14.5. The van der Waals surface area contributed by atoms with Gasteiger partial charge in [-0.2, -0.15) is 24.9 Å². The minimum atomic E-state index is -4.91. The van der Waals surface area contributed by atoms with Gasteiger partial charge in [-0.3, -0.25) is 19.7 Å². The van der Waals surface area contributed by atoms with Crippen molar-refractivity contribution >= 4 is 41.4 Å². The number of alkyl carbamates (subject to hydrolysis) is 1. The zero-order chi connectivity index (χ0) is 34.2. The second kappa shape index (κ2) is 15.5. The number of nitro groups is 1. The highest BCUT2D eigenvalue weighted by Crippen LogP contribution is 2.53. The third kappa shape index (κ3) is 9.56. The summed E-state index contributed by atoms with van der Waals surface area (Å²) in [6.07, 6.45) is -4.90. The fourth-order valence-electron chi connectivity index (χ4n) is 4.90. The van der Waals surface area contributed by atoms with E-state index in [0.717, 1.165) is 30.7 Å². The van der Waals surface area contributed by atoms with E-state index < -0.39 is 65.9 Å². The Morgan fingerprint density at radius 3 is 2.57 bits per heavy atom. The van der Waals surface area contributed by atoms with Crippen LogP contribution in [-0.2, 0) is 20.0 Å². The van der Waals surface area contributed by atoms with E-state index in [4.69, 9.17) is 9.47 Å². The Morgan fingerprint density at radius 1 is 1.13 bits per heavy atom. The van der Waals surface area contributed by atoms with Crippen molar-refractivity contribution in [3.8, 4) is 5.75 Å². The molecule has 5 amide bonds. The van der Waals surface area contributed by atoms with Crippen LogP contribution in [0.1, 0.15) is 31.2 Å². The maximum absolute atomic E-state index is 13.3. The van der Waals surface area contributed by atoms with Gasteiger partial charge in [-0.05, 0) is 18.9 Å². The number of hydrogen-bond acceptors (Lipinski definition) is 12. The van der Waals surface area contributed by atoms with Crippen molar-refractivity contribution in [2.75, 3.05) is 38.6 Å². The number of non-ortho nitro benzene ring substituents is 1. The average molecular weight is 691 g/mol. The van der Waals surface area contributed by atoms with Gasteiger partial charge in [-0.15, -0.1) is 10.2 Å². The molecule has 47 heavy (non-hydrogen) atoms. The van der Waals surface area contributed by atoms with E-state index in [-0.39, 0.29) is 42.9 Å². The van der Waals surface area contributed by atoms with Gasteiger partial charge < -0.3 is 41.2 Å². The molecule has 0 aliphatic carbocycles. The minimum Gasteiger partial charge on any atom is -0.490 e. The molecule has 0 saturated carbocycles. The number of nitrogens with one attached hydrogen (secondary N) is 5. The summed E-state index contributed by atoms with van der Waals surface area (Å²) < 4.78 is 50.0. The SMILES string of the molecule is O=C(CCCC[C@@H]1SC[C@@H]2NC(=O)N[C@@H]21)NCCNC(=O)[C@H](O)CNC(=O)OCCOc1cc([N+](=O)[O-])cc(C2(C(F)(F)F)N=N2)c1. The Balaban J connectivity index is 1.04. The van der Waals surface area contributed by atoms with Crippen LogP contribution in [0.3, 0.4) is 0 Å². The zero-order valence-corrected chi connectivity index (χ0v) is 25.5. The molecule has 1 aromatic rings. The number of benzene rings is 1. The van der Waals surface area contributed by atoms with Crippen molar-refractivity contribution in [1.29, 1.82) is 0 Å². The topological polar surface area (TPSA) is 235 Å². The van der Waals surface area contributed by atoms with E-state index in [1.165, 1.54) is 0 Å². The quantitative estimate of drug-likeness (QED) is 0.0591. The highest BCUT2D eigenvalue weighted by atomic mass is 32.2. The Labute approximate surface area is 269 Å². The number of nitro benzene ring substituents is 1. The lowest BCUT2D eigenvalue weighted by molar-refractivity contribution is -0.385. The van der Waals surface area contributed by atoms with Crippen LogP contribution < -0.4 is 31.3 Å². The first-order valence-corrected chi connectivity index (χ1v) is 15.6. The first kappa shape index (κ1) is 35.5. The van der Waals surface area contributed by atoms with Crippen LogP contribution in [0.5, 0.6) is 5.75 Å². The molecule has 2 saturated heterocycles. The Kier molecular flexibility index (Phi) is 11.7. The number of rotatable bonds is 17. The number of urea groups is 1.